The fourth-order valence-electron chi connectivity index (χ4n) is 3.84. The number of hydrogen-bond donors (Lipinski definition) is 1. The molecule has 3 heterocycles. The number of hydrogen-bond acceptors (Lipinski definition) is 5. The fraction of sp³-hybridized carbons (Fsp3) is 0.560. The van der Waals surface area contributed by atoms with Crippen LogP contribution in [0.25, 0.3) is 11.3 Å². The minimum Gasteiger partial charge on any atom is -0.489 e. The van der Waals surface area contributed by atoms with E-state index in [0.717, 1.165) is 59.9 Å². The zero-order valence-corrected chi connectivity index (χ0v) is 19.6. The van der Waals surface area contributed by atoms with Gasteiger partial charge in [0.1, 0.15) is 5.75 Å². The van der Waals surface area contributed by atoms with Crippen LogP contribution in [0.4, 0.5) is 5.69 Å². The first kappa shape index (κ1) is 23.0. The number of anilines is 1. The maximum Gasteiger partial charge on any atom is 0.307 e. The van der Waals surface area contributed by atoms with Gasteiger partial charge in [0.25, 0.3) is 0 Å². The maximum absolute atomic E-state index is 11.6. The van der Waals surface area contributed by atoms with Crippen molar-refractivity contribution in [3.05, 3.63) is 35.8 Å². The predicted molar refractivity (Wildman–Crippen MR) is 124 cm³/mol. The van der Waals surface area contributed by atoms with Crippen LogP contribution < -0.4 is 9.64 Å². The molecule has 1 fully saturated rings. The Balaban J connectivity index is 2.00. The minimum atomic E-state index is -0.847. The second kappa shape index (κ2) is 9.25. The van der Waals surface area contributed by atoms with Gasteiger partial charge in [0.15, 0.2) is 0 Å². The van der Waals surface area contributed by atoms with Crippen LogP contribution in [-0.2, 0) is 11.2 Å². The summed E-state index contributed by atoms with van der Waals surface area (Å²) in [4.78, 5) is 23.1. The molecule has 6 heteroatoms. The number of carboxylic acid groups (broad SMARTS) is 1. The summed E-state index contributed by atoms with van der Waals surface area (Å²) in [5.41, 5.74) is 4.46. The molecule has 2 aromatic heterocycles. The standard InChI is InChI=1S/C25H35N3O3/c1-16(2)18(4)31-19-7-8-22(27-14-19)21-15-26-17(3)20(13-23(29)30)24(21)28-11-9-25(5,6)10-12-28/h7-8,14-16,18H,9-13H2,1-6H3,(H,29,30)/t18-/m1/s1. The fourth-order valence-corrected chi connectivity index (χ4v) is 3.84. The molecule has 0 unspecified atom stereocenters. The van der Waals surface area contributed by atoms with Crippen molar-refractivity contribution < 1.29 is 14.6 Å². The molecule has 0 spiro atoms. The zero-order chi connectivity index (χ0) is 22.8. The van der Waals surface area contributed by atoms with Crippen LogP contribution >= 0.6 is 0 Å². The zero-order valence-electron chi connectivity index (χ0n) is 19.6. The molecule has 0 amide bonds. The number of nitrogens with zero attached hydrogens (tertiary/aromatic N) is 3. The van der Waals surface area contributed by atoms with Gasteiger partial charge < -0.3 is 14.7 Å². The van der Waals surface area contributed by atoms with E-state index >= 15 is 0 Å². The second-order valence-electron chi connectivity index (χ2n) is 9.75. The lowest BCUT2D eigenvalue weighted by atomic mass is 9.82. The molecule has 0 aliphatic carbocycles. The lowest BCUT2D eigenvalue weighted by Crippen LogP contribution is -2.38. The van der Waals surface area contributed by atoms with E-state index in [1.807, 2.05) is 25.3 Å². The summed E-state index contributed by atoms with van der Waals surface area (Å²) < 4.78 is 5.97. The number of pyridine rings is 2. The molecule has 1 aliphatic rings. The summed E-state index contributed by atoms with van der Waals surface area (Å²) in [6.07, 6.45) is 5.75. The average Bonchev–Trinajstić information content (AvgIpc) is 2.70. The molecular weight excluding hydrogens is 390 g/mol. The van der Waals surface area contributed by atoms with Gasteiger partial charge in [-0.1, -0.05) is 27.7 Å². The van der Waals surface area contributed by atoms with Crippen LogP contribution in [-0.4, -0.2) is 40.2 Å². The monoisotopic (exact) mass is 425 g/mol. The van der Waals surface area contributed by atoms with Gasteiger partial charge in [0.05, 0.1) is 30.1 Å². The Hall–Kier alpha value is -2.63. The molecular formula is C25H35N3O3. The van der Waals surface area contributed by atoms with Crippen LogP contribution in [0.5, 0.6) is 5.75 Å². The smallest absolute Gasteiger partial charge is 0.307 e. The third-order valence-corrected chi connectivity index (χ3v) is 6.40. The molecule has 0 aromatic carbocycles. The first-order chi connectivity index (χ1) is 14.6. The number of carbonyl (C=O) groups is 1. The SMILES string of the molecule is Cc1ncc(-c2ccc(O[C@H](C)C(C)C)cn2)c(N2CCC(C)(C)CC2)c1CC(=O)O. The molecule has 3 rings (SSSR count). The molecule has 1 aliphatic heterocycles. The topological polar surface area (TPSA) is 75.6 Å². The number of aryl methyl sites for hydroxylation is 1. The van der Waals surface area contributed by atoms with Gasteiger partial charge in [-0.25, -0.2) is 0 Å². The molecule has 31 heavy (non-hydrogen) atoms. The predicted octanol–water partition coefficient (Wildman–Crippen LogP) is 5.13. The lowest BCUT2D eigenvalue weighted by molar-refractivity contribution is -0.136. The summed E-state index contributed by atoms with van der Waals surface area (Å²) in [6, 6.07) is 3.87. The number of rotatable bonds is 7. The number of aromatic nitrogens is 2. The Kier molecular flexibility index (Phi) is 6.87. The molecule has 1 atom stereocenters. The van der Waals surface area contributed by atoms with Crippen LogP contribution in [0.15, 0.2) is 24.5 Å². The van der Waals surface area contributed by atoms with Crippen LogP contribution in [0, 0.1) is 18.3 Å². The quantitative estimate of drug-likeness (QED) is 0.663. The summed E-state index contributed by atoms with van der Waals surface area (Å²) in [6.45, 7) is 14.6. The molecule has 168 valence electrons. The van der Waals surface area contributed by atoms with E-state index in [0.29, 0.717) is 11.3 Å². The highest BCUT2D eigenvalue weighted by atomic mass is 16.5. The van der Waals surface area contributed by atoms with E-state index in [1.165, 1.54) is 0 Å². The van der Waals surface area contributed by atoms with Gasteiger partial charge in [-0.05, 0) is 50.2 Å². The van der Waals surface area contributed by atoms with E-state index in [9.17, 15) is 9.90 Å². The first-order valence-corrected chi connectivity index (χ1v) is 11.2. The van der Waals surface area contributed by atoms with Gasteiger partial charge in [-0.3, -0.25) is 14.8 Å². The van der Waals surface area contributed by atoms with Crippen molar-refractivity contribution in [2.24, 2.45) is 11.3 Å². The van der Waals surface area contributed by atoms with E-state index in [1.54, 1.807) is 6.20 Å². The molecule has 1 N–H and O–H groups in total. The second-order valence-corrected chi connectivity index (χ2v) is 9.75. The molecule has 0 radical (unpaired) electrons. The third kappa shape index (κ3) is 5.54. The Morgan fingerprint density at radius 3 is 2.39 bits per heavy atom. The highest BCUT2D eigenvalue weighted by Crippen LogP contribution is 2.39. The summed E-state index contributed by atoms with van der Waals surface area (Å²) in [7, 11) is 0. The third-order valence-electron chi connectivity index (χ3n) is 6.40. The number of carboxylic acids is 1. The minimum absolute atomic E-state index is 0.0466. The Bertz CT molecular complexity index is 912. The van der Waals surface area contributed by atoms with Gasteiger partial charge in [-0.2, -0.15) is 0 Å². The lowest BCUT2D eigenvalue weighted by Gasteiger charge is -2.40. The van der Waals surface area contributed by atoms with Crippen molar-refractivity contribution in [1.29, 1.82) is 0 Å². The number of piperidine rings is 1. The Morgan fingerprint density at radius 2 is 1.84 bits per heavy atom. The van der Waals surface area contributed by atoms with Gasteiger partial charge in [-0.15, -0.1) is 0 Å². The molecule has 1 saturated heterocycles. The van der Waals surface area contributed by atoms with Gasteiger partial charge in [0, 0.05) is 36.1 Å². The van der Waals surface area contributed by atoms with E-state index in [-0.39, 0.29) is 12.5 Å². The average molecular weight is 426 g/mol. The normalized spacial score (nSPS) is 16.9. The molecule has 6 nitrogen and oxygen atoms in total. The van der Waals surface area contributed by atoms with Gasteiger partial charge >= 0.3 is 5.97 Å². The van der Waals surface area contributed by atoms with Crippen LogP contribution in [0.3, 0.4) is 0 Å². The highest BCUT2D eigenvalue weighted by Gasteiger charge is 2.29. The summed E-state index contributed by atoms with van der Waals surface area (Å²) in [5, 5.41) is 9.55. The van der Waals surface area contributed by atoms with E-state index < -0.39 is 5.97 Å². The van der Waals surface area contributed by atoms with Crippen LogP contribution in [0.1, 0.15) is 58.7 Å². The Morgan fingerprint density at radius 1 is 1.16 bits per heavy atom. The Labute approximate surface area is 185 Å². The molecule has 0 saturated carbocycles. The van der Waals surface area contributed by atoms with Crippen molar-refractivity contribution in [3.8, 4) is 17.0 Å². The molecule has 0 bridgehead atoms. The molecule has 2 aromatic rings. The van der Waals surface area contributed by atoms with Crippen molar-refractivity contribution in [1.82, 2.24) is 9.97 Å². The van der Waals surface area contributed by atoms with E-state index in [2.05, 4.69) is 49.5 Å². The van der Waals surface area contributed by atoms with Crippen molar-refractivity contribution in [3.63, 3.8) is 0 Å². The van der Waals surface area contributed by atoms with E-state index in [4.69, 9.17) is 4.74 Å². The number of aliphatic carboxylic acids is 1. The van der Waals surface area contributed by atoms with Gasteiger partial charge in [0.2, 0.25) is 0 Å². The largest absolute Gasteiger partial charge is 0.489 e. The summed E-state index contributed by atoms with van der Waals surface area (Å²) in [5.74, 6) is 0.298. The highest BCUT2D eigenvalue weighted by molar-refractivity contribution is 5.83. The van der Waals surface area contributed by atoms with Crippen molar-refractivity contribution in [2.45, 2.75) is 66.9 Å². The number of ether oxygens (including phenoxy) is 1. The van der Waals surface area contributed by atoms with Crippen molar-refractivity contribution in [2.75, 3.05) is 18.0 Å². The first-order valence-electron chi connectivity index (χ1n) is 11.2. The van der Waals surface area contributed by atoms with Crippen molar-refractivity contribution >= 4 is 11.7 Å². The van der Waals surface area contributed by atoms with Crippen LogP contribution in [0.2, 0.25) is 0 Å². The summed E-state index contributed by atoms with van der Waals surface area (Å²) >= 11 is 0. The maximum atomic E-state index is 11.6.